The number of esters is 1. The number of benzene rings is 1. The van der Waals surface area contributed by atoms with Crippen LogP contribution in [0.5, 0.6) is 0 Å². The van der Waals surface area contributed by atoms with Crippen LogP contribution in [0.15, 0.2) is 24.3 Å². The molecule has 19 heavy (non-hydrogen) atoms. The third-order valence-electron chi connectivity index (χ3n) is 2.91. The van der Waals surface area contributed by atoms with Crippen LogP contribution in [0.4, 0.5) is 0 Å². The number of hydrogen-bond donors (Lipinski definition) is 1. The van der Waals surface area contributed by atoms with E-state index in [0.717, 1.165) is 12.0 Å². The molecule has 0 saturated carbocycles. The number of rotatable bonds is 7. The summed E-state index contributed by atoms with van der Waals surface area (Å²) in [5.74, 6) is 0.557. The zero-order valence-electron chi connectivity index (χ0n) is 11.6. The molecule has 4 heteroatoms. The topological polar surface area (TPSA) is 52.3 Å². The second-order valence-corrected chi connectivity index (χ2v) is 5.66. The minimum absolute atomic E-state index is 0.189. The highest BCUT2D eigenvalue weighted by molar-refractivity contribution is 6.30. The Hall–Kier alpha value is -1.06. The standard InChI is InChI=1S/C15H22ClNO2/c1-11(2)7-13(9-17)8-15(18)19-10-12-3-5-14(16)6-4-12/h3-6,11,13H,7-10,17H2,1-2H3. The van der Waals surface area contributed by atoms with Crippen molar-refractivity contribution in [2.24, 2.45) is 17.6 Å². The molecule has 0 aromatic heterocycles. The summed E-state index contributed by atoms with van der Waals surface area (Å²) in [4.78, 5) is 11.7. The first-order chi connectivity index (χ1) is 9.01. The average Bonchev–Trinajstić information content (AvgIpc) is 2.36. The van der Waals surface area contributed by atoms with Gasteiger partial charge in [0.15, 0.2) is 0 Å². The van der Waals surface area contributed by atoms with Crippen molar-refractivity contribution in [1.29, 1.82) is 0 Å². The lowest BCUT2D eigenvalue weighted by molar-refractivity contribution is -0.146. The van der Waals surface area contributed by atoms with Gasteiger partial charge in [0.1, 0.15) is 6.61 Å². The normalized spacial score (nSPS) is 12.5. The van der Waals surface area contributed by atoms with E-state index in [1.807, 2.05) is 12.1 Å². The van der Waals surface area contributed by atoms with Gasteiger partial charge in [0.25, 0.3) is 0 Å². The molecule has 0 saturated heterocycles. The number of nitrogens with two attached hydrogens (primary N) is 1. The van der Waals surface area contributed by atoms with Gasteiger partial charge in [-0.05, 0) is 42.5 Å². The fraction of sp³-hybridized carbons (Fsp3) is 0.533. The van der Waals surface area contributed by atoms with E-state index in [9.17, 15) is 4.79 Å². The molecular weight excluding hydrogens is 262 g/mol. The zero-order chi connectivity index (χ0) is 14.3. The van der Waals surface area contributed by atoms with Crippen molar-refractivity contribution in [2.45, 2.75) is 33.3 Å². The predicted molar refractivity (Wildman–Crippen MR) is 77.9 cm³/mol. The Kier molecular flexibility index (Phi) is 6.89. The molecule has 0 aliphatic carbocycles. The molecule has 2 N–H and O–H groups in total. The molecule has 1 rings (SSSR count). The van der Waals surface area contributed by atoms with Crippen molar-refractivity contribution >= 4 is 17.6 Å². The third kappa shape index (κ3) is 6.60. The number of carbonyl (C=O) groups excluding carboxylic acids is 1. The Morgan fingerprint density at radius 3 is 2.47 bits per heavy atom. The van der Waals surface area contributed by atoms with Crippen molar-refractivity contribution in [1.82, 2.24) is 0 Å². The molecular formula is C15H22ClNO2. The van der Waals surface area contributed by atoms with Crippen molar-refractivity contribution in [3.05, 3.63) is 34.9 Å². The molecule has 3 nitrogen and oxygen atoms in total. The monoisotopic (exact) mass is 283 g/mol. The second kappa shape index (κ2) is 8.18. The first kappa shape index (κ1) is 16.0. The fourth-order valence-corrected chi connectivity index (χ4v) is 2.09. The summed E-state index contributed by atoms with van der Waals surface area (Å²) in [5, 5.41) is 0.676. The zero-order valence-corrected chi connectivity index (χ0v) is 12.3. The van der Waals surface area contributed by atoms with Crippen LogP contribution in [-0.2, 0) is 16.1 Å². The van der Waals surface area contributed by atoms with Gasteiger partial charge in [-0.3, -0.25) is 4.79 Å². The molecule has 0 radical (unpaired) electrons. The van der Waals surface area contributed by atoms with E-state index in [0.29, 0.717) is 23.9 Å². The van der Waals surface area contributed by atoms with E-state index in [-0.39, 0.29) is 18.5 Å². The van der Waals surface area contributed by atoms with Crippen molar-refractivity contribution in [3.8, 4) is 0 Å². The van der Waals surface area contributed by atoms with Gasteiger partial charge in [-0.25, -0.2) is 0 Å². The van der Waals surface area contributed by atoms with Gasteiger partial charge < -0.3 is 10.5 Å². The quantitative estimate of drug-likeness (QED) is 0.781. The van der Waals surface area contributed by atoms with Gasteiger partial charge in [-0.2, -0.15) is 0 Å². The SMILES string of the molecule is CC(C)CC(CN)CC(=O)OCc1ccc(Cl)cc1. The van der Waals surface area contributed by atoms with E-state index in [4.69, 9.17) is 22.1 Å². The smallest absolute Gasteiger partial charge is 0.306 e. The van der Waals surface area contributed by atoms with Gasteiger partial charge in [0, 0.05) is 11.4 Å². The van der Waals surface area contributed by atoms with Gasteiger partial charge in [-0.15, -0.1) is 0 Å². The average molecular weight is 284 g/mol. The molecule has 106 valence electrons. The lowest BCUT2D eigenvalue weighted by Crippen LogP contribution is -2.21. The van der Waals surface area contributed by atoms with E-state index < -0.39 is 0 Å². The molecule has 1 atom stereocenters. The summed E-state index contributed by atoms with van der Waals surface area (Å²) in [5.41, 5.74) is 6.61. The first-order valence-corrected chi connectivity index (χ1v) is 6.99. The summed E-state index contributed by atoms with van der Waals surface area (Å²) < 4.78 is 5.24. The van der Waals surface area contributed by atoms with Crippen LogP contribution in [0.25, 0.3) is 0 Å². The molecule has 1 unspecified atom stereocenters. The highest BCUT2D eigenvalue weighted by Gasteiger charge is 2.15. The van der Waals surface area contributed by atoms with Crippen molar-refractivity contribution in [3.63, 3.8) is 0 Å². The predicted octanol–water partition coefficient (Wildman–Crippen LogP) is 3.39. The Morgan fingerprint density at radius 2 is 1.95 bits per heavy atom. The van der Waals surface area contributed by atoms with Gasteiger partial charge in [0.2, 0.25) is 0 Å². The number of carbonyl (C=O) groups is 1. The van der Waals surface area contributed by atoms with Crippen LogP contribution in [-0.4, -0.2) is 12.5 Å². The summed E-state index contributed by atoms with van der Waals surface area (Å²) in [6, 6.07) is 7.27. The second-order valence-electron chi connectivity index (χ2n) is 5.22. The highest BCUT2D eigenvalue weighted by Crippen LogP contribution is 2.16. The van der Waals surface area contributed by atoms with Crippen LogP contribution in [0.3, 0.4) is 0 Å². The van der Waals surface area contributed by atoms with Crippen molar-refractivity contribution < 1.29 is 9.53 Å². The Morgan fingerprint density at radius 1 is 1.32 bits per heavy atom. The van der Waals surface area contributed by atoms with Crippen LogP contribution >= 0.6 is 11.6 Å². The highest BCUT2D eigenvalue weighted by atomic mass is 35.5. The fourth-order valence-electron chi connectivity index (χ4n) is 1.97. The van der Waals surface area contributed by atoms with E-state index in [1.54, 1.807) is 12.1 Å². The minimum atomic E-state index is -0.189. The summed E-state index contributed by atoms with van der Waals surface area (Å²) in [6.45, 7) is 5.06. The van der Waals surface area contributed by atoms with Crippen molar-refractivity contribution in [2.75, 3.05) is 6.54 Å². The number of halogens is 1. The Labute approximate surface area is 120 Å². The maximum absolute atomic E-state index is 11.7. The summed E-state index contributed by atoms with van der Waals surface area (Å²) in [7, 11) is 0. The largest absolute Gasteiger partial charge is 0.461 e. The maximum Gasteiger partial charge on any atom is 0.306 e. The molecule has 0 aliphatic heterocycles. The number of ether oxygens (including phenoxy) is 1. The van der Waals surface area contributed by atoms with E-state index in [1.165, 1.54) is 0 Å². The maximum atomic E-state index is 11.7. The lowest BCUT2D eigenvalue weighted by atomic mass is 9.94. The minimum Gasteiger partial charge on any atom is -0.461 e. The van der Waals surface area contributed by atoms with Gasteiger partial charge in [0.05, 0.1) is 0 Å². The van der Waals surface area contributed by atoms with Crippen LogP contribution < -0.4 is 5.73 Å². The van der Waals surface area contributed by atoms with Gasteiger partial charge >= 0.3 is 5.97 Å². The molecule has 0 aliphatic rings. The summed E-state index contributed by atoms with van der Waals surface area (Å²) in [6.07, 6.45) is 1.34. The van der Waals surface area contributed by atoms with Crippen LogP contribution in [0.1, 0.15) is 32.3 Å². The van der Waals surface area contributed by atoms with E-state index in [2.05, 4.69) is 13.8 Å². The van der Waals surface area contributed by atoms with Crippen LogP contribution in [0.2, 0.25) is 5.02 Å². The van der Waals surface area contributed by atoms with Crippen LogP contribution in [0, 0.1) is 11.8 Å². The van der Waals surface area contributed by atoms with E-state index >= 15 is 0 Å². The molecule has 1 aromatic rings. The number of hydrogen-bond acceptors (Lipinski definition) is 3. The first-order valence-electron chi connectivity index (χ1n) is 6.61. The molecule has 0 fully saturated rings. The molecule has 0 amide bonds. The third-order valence-corrected chi connectivity index (χ3v) is 3.16. The summed E-state index contributed by atoms with van der Waals surface area (Å²) >= 11 is 5.79. The molecule has 0 heterocycles. The molecule has 0 bridgehead atoms. The molecule has 1 aromatic carbocycles. The lowest BCUT2D eigenvalue weighted by Gasteiger charge is -2.16. The Bertz CT molecular complexity index is 390. The Balaban J connectivity index is 2.36. The molecule has 0 spiro atoms. The van der Waals surface area contributed by atoms with Gasteiger partial charge in [-0.1, -0.05) is 37.6 Å².